The number of ether oxygens (including phenoxy) is 1. The number of hydrogen-bond acceptors (Lipinski definition) is 1. The Bertz CT molecular complexity index is 82.7. The first-order valence-corrected chi connectivity index (χ1v) is 4.04. The molecule has 0 amide bonds. The summed E-state index contributed by atoms with van der Waals surface area (Å²) in [6.07, 6.45) is 7.35. The molecular formula is C9H18O. The number of unbranched alkanes of at least 4 members (excludes halogenated alkanes) is 1. The van der Waals surface area contributed by atoms with E-state index in [0.717, 1.165) is 6.61 Å². The van der Waals surface area contributed by atoms with Gasteiger partial charge in [0.2, 0.25) is 0 Å². The molecule has 1 unspecified atom stereocenters. The van der Waals surface area contributed by atoms with Crippen molar-refractivity contribution in [1.29, 1.82) is 0 Å². The first kappa shape index (κ1) is 9.70. The Morgan fingerprint density at radius 2 is 2.10 bits per heavy atom. The fourth-order valence-corrected chi connectivity index (χ4v) is 0.430. The summed E-state index contributed by atoms with van der Waals surface area (Å²) in [7, 11) is 0. The van der Waals surface area contributed by atoms with Crippen molar-refractivity contribution in [2.24, 2.45) is 0 Å². The largest absolute Gasteiger partial charge is 0.373 e. The van der Waals surface area contributed by atoms with Crippen molar-refractivity contribution in [3.05, 3.63) is 12.2 Å². The van der Waals surface area contributed by atoms with E-state index < -0.39 is 0 Å². The van der Waals surface area contributed by atoms with E-state index in [9.17, 15) is 0 Å². The molecule has 0 spiro atoms. The van der Waals surface area contributed by atoms with Crippen LogP contribution in [0.4, 0.5) is 0 Å². The molecule has 1 nitrogen and oxygen atoms in total. The highest BCUT2D eigenvalue weighted by Crippen LogP contribution is 2.04. The summed E-state index contributed by atoms with van der Waals surface area (Å²) < 4.78 is 4.71. The van der Waals surface area contributed by atoms with Crippen LogP contribution in [0.5, 0.6) is 0 Å². The van der Waals surface area contributed by atoms with E-state index in [2.05, 4.69) is 32.9 Å². The second-order valence-electron chi connectivity index (χ2n) is 2.50. The van der Waals surface area contributed by atoms with Gasteiger partial charge in [-0.25, -0.2) is 0 Å². The molecule has 1 atom stereocenters. The molecule has 1 heteroatoms. The molecule has 60 valence electrons. The Balaban J connectivity index is 0.000000172. The van der Waals surface area contributed by atoms with Gasteiger partial charge in [0.1, 0.15) is 0 Å². The third-order valence-electron chi connectivity index (χ3n) is 1.19. The zero-order valence-corrected chi connectivity index (χ0v) is 7.26. The minimum Gasteiger partial charge on any atom is -0.373 e. The van der Waals surface area contributed by atoms with Gasteiger partial charge in [-0.05, 0) is 20.3 Å². The van der Waals surface area contributed by atoms with Crippen molar-refractivity contribution < 1.29 is 4.74 Å². The predicted molar refractivity (Wildman–Crippen MR) is 45.1 cm³/mol. The Morgan fingerprint density at radius 1 is 1.60 bits per heavy atom. The van der Waals surface area contributed by atoms with Gasteiger partial charge in [0, 0.05) is 0 Å². The lowest BCUT2D eigenvalue weighted by molar-refractivity contribution is 0.423. The van der Waals surface area contributed by atoms with E-state index in [1.807, 2.05) is 0 Å². The minimum atomic E-state index is 0.583. The molecule has 1 saturated heterocycles. The molecule has 0 aliphatic carbocycles. The van der Waals surface area contributed by atoms with Crippen molar-refractivity contribution in [3.63, 3.8) is 0 Å². The molecule has 1 aliphatic rings. The standard InChI is InChI=1S/C6H12.C3H6O/c1-3-5-6-4-2;1-3-2-4-3/h3,5H,4,6H2,1-2H3;3H,2H2,1H3. The third kappa shape index (κ3) is 10.6. The highest BCUT2D eigenvalue weighted by atomic mass is 16.6. The van der Waals surface area contributed by atoms with E-state index in [0.29, 0.717) is 6.10 Å². The summed E-state index contributed by atoms with van der Waals surface area (Å²) in [5.74, 6) is 0. The van der Waals surface area contributed by atoms with Crippen LogP contribution in [0.2, 0.25) is 0 Å². The Morgan fingerprint density at radius 3 is 2.20 bits per heavy atom. The highest BCUT2D eigenvalue weighted by molar-refractivity contribution is 4.75. The number of epoxide rings is 1. The maximum absolute atomic E-state index is 4.71. The lowest BCUT2D eigenvalue weighted by Gasteiger charge is -1.76. The van der Waals surface area contributed by atoms with E-state index in [-0.39, 0.29) is 0 Å². The molecule has 0 radical (unpaired) electrons. The van der Waals surface area contributed by atoms with Crippen molar-refractivity contribution in [2.75, 3.05) is 6.61 Å². The Hall–Kier alpha value is -0.300. The highest BCUT2D eigenvalue weighted by Gasteiger charge is 2.13. The van der Waals surface area contributed by atoms with Crippen molar-refractivity contribution >= 4 is 0 Å². The average molecular weight is 142 g/mol. The Labute approximate surface area is 64.1 Å². The van der Waals surface area contributed by atoms with Crippen LogP contribution in [0.3, 0.4) is 0 Å². The van der Waals surface area contributed by atoms with E-state index >= 15 is 0 Å². The van der Waals surface area contributed by atoms with Crippen LogP contribution in [0.1, 0.15) is 33.6 Å². The minimum absolute atomic E-state index is 0.583. The molecule has 0 N–H and O–H groups in total. The molecule has 0 aromatic rings. The van der Waals surface area contributed by atoms with Gasteiger partial charge < -0.3 is 4.74 Å². The summed E-state index contributed by atoms with van der Waals surface area (Å²) in [5.41, 5.74) is 0. The van der Waals surface area contributed by atoms with Gasteiger partial charge >= 0.3 is 0 Å². The van der Waals surface area contributed by atoms with Gasteiger partial charge in [-0.1, -0.05) is 25.5 Å². The SMILES string of the molecule is CC1CO1.CC=CCCC. The van der Waals surface area contributed by atoms with Crippen molar-refractivity contribution in [3.8, 4) is 0 Å². The molecule has 1 aliphatic heterocycles. The van der Waals surface area contributed by atoms with Gasteiger partial charge in [-0.15, -0.1) is 0 Å². The summed E-state index contributed by atoms with van der Waals surface area (Å²) >= 11 is 0. The van der Waals surface area contributed by atoms with Crippen LogP contribution in [0, 0.1) is 0 Å². The molecule has 1 rings (SSSR count). The van der Waals surface area contributed by atoms with E-state index in [1.54, 1.807) is 0 Å². The van der Waals surface area contributed by atoms with Gasteiger partial charge in [0.05, 0.1) is 12.7 Å². The molecule has 1 fully saturated rings. The maximum atomic E-state index is 4.71. The zero-order valence-electron chi connectivity index (χ0n) is 7.26. The van der Waals surface area contributed by atoms with E-state index in [1.165, 1.54) is 12.8 Å². The van der Waals surface area contributed by atoms with Gasteiger partial charge in [0.25, 0.3) is 0 Å². The molecule has 0 saturated carbocycles. The fraction of sp³-hybridized carbons (Fsp3) is 0.778. The van der Waals surface area contributed by atoms with Crippen LogP contribution in [-0.4, -0.2) is 12.7 Å². The summed E-state index contributed by atoms with van der Waals surface area (Å²) in [6.45, 7) is 7.27. The molecular weight excluding hydrogens is 124 g/mol. The lowest BCUT2D eigenvalue weighted by Crippen LogP contribution is -1.60. The van der Waals surface area contributed by atoms with Gasteiger partial charge in [-0.3, -0.25) is 0 Å². The third-order valence-corrected chi connectivity index (χ3v) is 1.19. The smallest absolute Gasteiger partial charge is 0.0781 e. The summed E-state index contributed by atoms with van der Waals surface area (Å²) in [4.78, 5) is 0. The number of hydrogen-bond donors (Lipinski definition) is 0. The Kier molecular flexibility index (Phi) is 6.61. The van der Waals surface area contributed by atoms with Crippen molar-refractivity contribution in [2.45, 2.75) is 39.7 Å². The predicted octanol–water partition coefficient (Wildman–Crippen LogP) is 2.77. The van der Waals surface area contributed by atoms with Crippen LogP contribution in [-0.2, 0) is 4.74 Å². The van der Waals surface area contributed by atoms with Gasteiger partial charge in [-0.2, -0.15) is 0 Å². The van der Waals surface area contributed by atoms with Crippen LogP contribution in [0.25, 0.3) is 0 Å². The number of allylic oxidation sites excluding steroid dienone is 2. The van der Waals surface area contributed by atoms with Crippen molar-refractivity contribution in [1.82, 2.24) is 0 Å². The molecule has 0 aromatic heterocycles. The van der Waals surface area contributed by atoms with Gasteiger partial charge in [0.15, 0.2) is 0 Å². The molecule has 0 aromatic carbocycles. The lowest BCUT2D eigenvalue weighted by atomic mass is 10.3. The topological polar surface area (TPSA) is 12.5 Å². The summed E-state index contributed by atoms with van der Waals surface area (Å²) in [5, 5.41) is 0. The number of rotatable bonds is 2. The van der Waals surface area contributed by atoms with Crippen LogP contribution >= 0.6 is 0 Å². The van der Waals surface area contributed by atoms with E-state index in [4.69, 9.17) is 4.74 Å². The first-order valence-electron chi connectivity index (χ1n) is 4.04. The molecule has 10 heavy (non-hydrogen) atoms. The normalized spacial score (nSPS) is 22.1. The second-order valence-corrected chi connectivity index (χ2v) is 2.50. The zero-order chi connectivity index (χ0) is 7.82. The summed E-state index contributed by atoms with van der Waals surface area (Å²) in [6, 6.07) is 0. The van der Waals surface area contributed by atoms with Crippen LogP contribution in [0.15, 0.2) is 12.2 Å². The molecule has 0 bridgehead atoms. The average Bonchev–Trinajstić information content (AvgIpc) is 2.69. The quantitative estimate of drug-likeness (QED) is 0.426. The first-order chi connectivity index (χ1) is 4.81. The second kappa shape index (κ2) is 6.81. The fourth-order valence-electron chi connectivity index (χ4n) is 0.430. The maximum Gasteiger partial charge on any atom is 0.0781 e. The molecule has 1 heterocycles. The monoisotopic (exact) mass is 142 g/mol. The van der Waals surface area contributed by atoms with Crippen LogP contribution < -0.4 is 0 Å².